The van der Waals surface area contributed by atoms with Crippen molar-refractivity contribution in [2.45, 2.75) is 44.8 Å². The second-order valence-electron chi connectivity index (χ2n) is 6.01. The summed E-state index contributed by atoms with van der Waals surface area (Å²) in [5.41, 5.74) is 6.28. The summed E-state index contributed by atoms with van der Waals surface area (Å²) in [4.78, 5) is 0. The van der Waals surface area contributed by atoms with E-state index in [0.29, 0.717) is 6.61 Å². The van der Waals surface area contributed by atoms with E-state index in [1.807, 2.05) is 12.1 Å². The van der Waals surface area contributed by atoms with E-state index >= 15 is 0 Å². The fraction of sp³-hybridized carbons (Fsp3) is 0.733. The maximum absolute atomic E-state index is 6.28. The Bertz CT molecular complexity index is 401. The molecule has 1 heterocycles. The molecular weight excluding hydrogens is 226 g/mol. The van der Waals surface area contributed by atoms with Gasteiger partial charge in [-0.3, -0.25) is 0 Å². The van der Waals surface area contributed by atoms with Crippen molar-refractivity contribution in [3.8, 4) is 0 Å². The quantitative estimate of drug-likeness (QED) is 0.871. The molecule has 2 saturated carbocycles. The maximum atomic E-state index is 6.28. The van der Waals surface area contributed by atoms with Gasteiger partial charge in [0.05, 0.1) is 6.04 Å². The van der Waals surface area contributed by atoms with E-state index in [2.05, 4.69) is 0 Å². The summed E-state index contributed by atoms with van der Waals surface area (Å²) in [5.74, 6) is 4.55. The average Bonchev–Trinajstić information content (AvgIpc) is 3.04. The van der Waals surface area contributed by atoms with E-state index in [1.165, 1.54) is 25.7 Å². The molecule has 0 spiro atoms. The Morgan fingerprint density at radius 1 is 1.39 bits per heavy atom. The van der Waals surface area contributed by atoms with Crippen LogP contribution in [0.3, 0.4) is 0 Å². The van der Waals surface area contributed by atoms with Gasteiger partial charge in [0, 0.05) is 7.11 Å². The molecule has 3 heteroatoms. The summed E-state index contributed by atoms with van der Waals surface area (Å²) >= 11 is 0. The minimum Gasteiger partial charge on any atom is -0.462 e. The Morgan fingerprint density at radius 3 is 2.94 bits per heavy atom. The molecule has 1 aromatic rings. The van der Waals surface area contributed by atoms with E-state index in [4.69, 9.17) is 14.9 Å². The predicted octanol–water partition coefficient (Wildman–Crippen LogP) is 3.25. The van der Waals surface area contributed by atoms with Gasteiger partial charge in [-0.05, 0) is 55.6 Å². The van der Waals surface area contributed by atoms with Gasteiger partial charge in [0.25, 0.3) is 0 Å². The van der Waals surface area contributed by atoms with Gasteiger partial charge in [-0.25, -0.2) is 0 Å². The van der Waals surface area contributed by atoms with Crippen LogP contribution in [0.1, 0.15) is 49.7 Å². The third-order valence-electron chi connectivity index (χ3n) is 4.78. The molecule has 2 aliphatic rings. The zero-order chi connectivity index (χ0) is 12.5. The molecule has 2 bridgehead atoms. The number of nitrogens with two attached hydrogens (primary N) is 1. The molecule has 0 saturated heterocycles. The number of fused-ring (bicyclic) bond motifs is 2. The number of rotatable bonds is 5. The first-order chi connectivity index (χ1) is 8.76. The first kappa shape index (κ1) is 12.2. The lowest BCUT2D eigenvalue weighted by Crippen LogP contribution is -2.19. The molecule has 0 amide bonds. The van der Waals surface area contributed by atoms with Gasteiger partial charge < -0.3 is 14.9 Å². The van der Waals surface area contributed by atoms with Crippen LogP contribution in [0.4, 0.5) is 0 Å². The van der Waals surface area contributed by atoms with Crippen LogP contribution in [0.2, 0.25) is 0 Å². The molecule has 18 heavy (non-hydrogen) atoms. The lowest BCUT2D eigenvalue weighted by Gasteiger charge is -2.23. The summed E-state index contributed by atoms with van der Waals surface area (Å²) in [5, 5.41) is 0. The van der Waals surface area contributed by atoms with Crippen LogP contribution >= 0.6 is 0 Å². The van der Waals surface area contributed by atoms with Gasteiger partial charge in [-0.2, -0.15) is 0 Å². The second kappa shape index (κ2) is 5.06. The molecule has 2 N–H and O–H groups in total. The average molecular weight is 249 g/mol. The Kier molecular flexibility index (Phi) is 3.44. The summed E-state index contributed by atoms with van der Waals surface area (Å²) in [6.45, 7) is 0.529. The van der Waals surface area contributed by atoms with Crippen LogP contribution in [-0.2, 0) is 11.3 Å². The van der Waals surface area contributed by atoms with Crippen LogP contribution in [-0.4, -0.2) is 7.11 Å². The fourth-order valence-corrected chi connectivity index (χ4v) is 3.92. The van der Waals surface area contributed by atoms with Crippen molar-refractivity contribution in [3.05, 3.63) is 23.7 Å². The zero-order valence-corrected chi connectivity index (χ0v) is 11.1. The first-order valence-corrected chi connectivity index (χ1v) is 7.09. The summed E-state index contributed by atoms with van der Waals surface area (Å²) in [6.07, 6.45) is 6.81. The fourth-order valence-electron chi connectivity index (χ4n) is 3.92. The van der Waals surface area contributed by atoms with E-state index in [1.54, 1.807) is 7.11 Å². The molecule has 0 radical (unpaired) electrons. The van der Waals surface area contributed by atoms with Crippen LogP contribution in [0, 0.1) is 17.8 Å². The topological polar surface area (TPSA) is 48.4 Å². The van der Waals surface area contributed by atoms with Crippen molar-refractivity contribution in [1.29, 1.82) is 0 Å². The molecule has 4 atom stereocenters. The Hall–Kier alpha value is -0.800. The van der Waals surface area contributed by atoms with Gasteiger partial charge >= 0.3 is 0 Å². The van der Waals surface area contributed by atoms with Crippen LogP contribution in [0.15, 0.2) is 16.5 Å². The zero-order valence-electron chi connectivity index (χ0n) is 11.1. The molecule has 4 unspecified atom stereocenters. The highest BCUT2D eigenvalue weighted by Crippen LogP contribution is 2.50. The molecule has 100 valence electrons. The number of furan rings is 1. The maximum Gasteiger partial charge on any atom is 0.129 e. The molecule has 0 aliphatic heterocycles. The Morgan fingerprint density at radius 2 is 2.28 bits per heavy atom. The monoisotopic (exact) mass is 249 g/mol. The minimum atomic E-state index is 0.0555. The molecule has 0 aromatic carbocycles. The number of hydrogen-bond donors (Lipinski definition) is 1. The lowest BCUT2D eigenvalue weighted by atomic mass is 9.84. The number of ether oxygens (including phenoxy) is 1. The highest BCUT2D eigenvalue weighted by Gasteiger charge is 2.40. The molecule has 3 rings (SSSR count). The van der Waals surface area contributed by atoms with Crippen LogP contribution < -0.4 is 5.73 Å². The molecule has 2 aliphatic carbocycles. The summed E-state index contributed by atoms with van der Waals surface area (Å²) in [6, 6.07) is 4.03. The van der Waals surface area contributed by atoms with Crippen molar-refractivity contribution in [2.24, 2.45) is 23.5 Å². The molecule has 3 nitrogen and oxygen atoms in total. The third kappa shape index (κ3) is 2.34. The Labute approximate surface area is 109 Å². The third-order valence-corrected chi connectivity index (χ3v) is 4.78. The van der Waals surface area contributed by atoms with Crippen molar-refractivity contribution in [3.63, 3.8) is 0 Å². The van der Waals surface area contributed by atoms with Gasteiger partial charge in [-0.15, -0.1) is 0 Å². The van der Waals surface area contributed by atoms with E-state index < -0.39 is 0 Å². The van der Waals surface area contributed by atoms with Gasteiger partial charge in [0.15, 0.2) is 0 Å². The van der Waals surface area contributed by atoms with E-state index in [-0.39, 0.29) is 6.04 Å². The molecule has 2 fully saturated rings. The van der Waals surface area contributed by atoms with Crippen molar-refractivity contribution >= 4 is 0 Å². The minimum absolute atomic E-state index is 0.0555. The smallest absolute Gasteiger partial charge is 0.129 e. The normalized spacial score (nSPS) is 32.0. The summed E-state index contributed by atoms with van der Waals surface area (Å²) < 4.78 is 10.8. The van der Waals surface area contributed by atoms with E-state index in [9.17, 15) is 0 Å². The van der Waals surface area contributed by atoms with Crippen LogP contribution in [0.5, 0.6) is 0 Å². The lowest BCUT2D eigenvalue weighted by molar-refractivity contribution is 0.161. The van der Waals surface area contributed by atoms with E-state index in [0.717, 1.165) is 35.7 Å². The molecular formula is C15H23NO2. The first-order valence-electron chi connectivity index (χ1n) is 7.09. The SMILES string of the molecule is COCc1ccc(C(N)CC2CC3CCC2C3)o1. The number of methoxy groups -OCH3 is 1. The second-order valence-corrected chi connectivity index (χ2v) is 6.01. The van der Waals surface area contributed by atoms with Crippen molar-refractivity contribution in [1.82, 2.24) is 0 Å². The van der Waals surface area contributed by atoms with Gasteiger partial charge in [0.1, 0.15) is 18.1 Å². The Balaban J connectivity index is 1.58. The van der Waals surface area contributed by atoms with Crippen molar-refractivity contribution < 1.29 is 9.15 Å². The predicted molar refractivity (Wildman–Crippen MR) is 69.9 cm³/mol. The van der Waals surface area contributed by atoms with Crippen molar-refractivity contribution in [2.75, 3.05) is 7.11 Å². The van der Waals surface area contributed by atoms with Gasteiger partial charge in [0.2, 0.25) is 0 Å². The highest BCUT2D eigenvalue weighted by atomic mass is 16.5. The largest absolute Gasteiger partial charge is 0.462 e. The van der Waals surface area contributed by atoms with Gasteiger partial charge in [-0.1, -0.05) is 6.42 Å². The number of hydrogen-bond acceptors (Lipinski definition) is 3. The van der Waals surface area contributed by atoms with Crippen LogP contribution in [0.25, 0.3) is 0 Å². The standard InChI is InChI=1S/C15H23NO2/c1-17-9-13-4-5-15(18-13)14(16)8-12-7-10-2-3-11(12)6-10/h4-5,10-12,14H,2-3,6-9,16H2,1H3. The molecule has 1 aromatic heterocycles. The highest BCUT2D eigenvalue weighted by molar-refractivity contribution is 5.10. The summed E-state index contributed by atoms with van der Waals surface area (Å²) in [7, 11) is 1.68.